The third-order valence-corrected chi connectivity index (χ3v) is 2.40. The number of hydrogen-bond acceptors (Lipinski definition) is 2. The molecule has 14 heavy (non-hydrogen) atoms. The number of aliphatic hydroxyl groups excluding tert-OH is 1. The molecule has 0 aliphatic rings. The van der Waals surface area contributed by atoms with Gasteiger partial charge in [0.05, 0.1) is 11.0 Å². The standard InChI is InChI=1S/C10H11ClN2O/c1-2-9(14)10-12-7-4-3-6(11)5-8(7)13-10/h3-5,9,14H,2H2,1H3,(H,12,13). The van der Waals surface area contributed by atoms with Crippen molar-refractivity contribution in [1.82, 2.24) is 9.97 Å². The number of H-pyrrole nitrogens is 1. The molecule has 3 nitrogen and oxygen atoms in total. The van der Waals surface area contributed by atoms with Crippen LogP contribution in [0.4, 0.5) is 0 Å². The number of aliphatic hydroxyl groups is 1. The fraction of sp³-hybridized carbons (Fsp3) is 0.300. The van der Waals surface area contributed by atoms with Gasteiger partial charge in [-0.2, -0.15) is 0 Å². The van der Waals surface area contributed by atoms with Crippen LogP contribution in [0.3, 0.4) is 0 Å². The van der Waals surface area contributed by atoms with Gasteiger partial charge >= 0.3 is 0 Å². The quantitative estimate of drug-likeness (QED) is 0.801. The molecule has 0 aliphatic carbocycles. The first-order valence-electron chi connectivity index (χ1n) is 4.54. The summed E-state index contributed by atoms with van der Waals surface area (Å²) in [6.07, 6.45) is 0.120. The number of rotatable bonds is 2. The summed E-state index contributed by atoms with van der Waals surface area (Å²) >= 11 is 5.83. The highest BCUT2D eigenvalue weighted by molar-refractivity contribution is 6.31. The Bertz CT molecular complexity index is 452. The van der Waals surface area contributed by atoms with Gasteiger partial charge in [-0.15, -0.1) is 0 Å². The van der Waals surface area contributed by atoms with Crippen LogP contribution in [-0.4, -0.2) is 15.1 Å². The topological polar surface area (TPSA) is 48.9 Å². The fourth-order valence-electron chi connectivity index (χ4n) is 1.35. The maximum absolute atomic E-state index is 9.57. The average molecular weight is 211 g/mol. The number of imidazole rings is 1. The fourth-order valence-corrected chi connectivity index (χ4v) is 1.52. The molecule has 1 atom stereocenters. The SMILES string of the molecule is CCC(O)c1nc2ccc(Cl)cc2[nH]1. The van der Waals surface area contributed by atoms with E-state index in [4.69, 9.17) is 11.6 Å². The second-order valence-corrected chi connectivity index (χ2v) is 3.64. The van der Waals surface area contributed by atoms with E-state index in [0.717, 1.165) is 11.0 Å². The first kappa shape index (κ1) is 9.49. The second-order valence-electron chi connectivity index (χ2n) is 3.21. The molecular weight excluding hydrogens is 200 g/mol. The molecule has 0 amide bonds. The van der Waals surface area contributed by atoms with Gasteiger partial charge < -0.3 is 10.1 Å². The zero-order chi connectivity index (χ0) is 10.1. The van der Waals surface area contributed by atoms with Gasteiger partial charge in [-0.05, 0) is 24.6 Å². The number of aromatic nitrogens is 2. The van der Waals surface area contributed by atoms with E-state index in [1.54, 1.807) is 12.1 Å². The van der Waals surface area contributed by atoms with Crippen LogP contribution in [0.2, 0.25) is 5.02 Å². The summed E-state index contributed by atoms with van der Waals surface area (Å²) in [7, 11) is 0. The summed E-state index contributed by atoms with van der Waals surface area (Å²) in [5.41, 5.74) is 1.69. The van der Waals surface area contributed by atoms with Gasteiger partial charge in [-0.25, -0.2) is 4.98 Å². The van der Waals surface area contributed by atoms with Crippen molar-refractivity contribution >= 4 is 22.6 Å². The van der Waals surface area contributed by atoms with E-state index < -0.39 is 6.10 Å². The first-order valence-corrected chi connectivity index (χ1v) is 4.91. The number of halogens is 1. The highest BCUT2D eigenvalue weighted by Crippen LogP contribution is 2.20. The van der Waals surface area contributed by atoms with E-state index in [1.807, 2.05) is 13.0 Å². The molecule has 0 saturated carbocycles. The lowest BCUT2D eigenvalue weighted by Crippen LogP contribution is -1.96. The third kappa shape index (κ3) is 1.61. The molecule has 0 spiro atoms. The number of fused-ring (bicyclic) bond motifs is 1. The lowest BCUT2D eigenvalue weighted by molar-refractivity contribution is 0.165. The maximum Gasteiger partial charge on any atom is 0.136 e. The maximum atomic E-state index is 9.57. The minimum atomic E-state index is -0.527. The van der Waals surface area contributed by atoms with E-state index in [0.29, 0.717) is 17.3 Å². The zero-order valence-corrected chi connectivity index (χ0v) is 8.54. The van der Waals surface area contributed by atoms with E-state index in [2.05, 4.69) is 9.97 Å². The van der Waals surface area contributed by atoms with Gasteiger partial charge in [0, 0.05) is 5.02 Å². The predicted molar refractivity (Wildman–Crippen MR) is 56.4 cm³/mol. The molecule has 2 aromatic rings. The van der Waals surface area contributed by atoms with Gasteiger partial charge in [0.25, 0.3) is 0 Å². The Morgan fingerprint density at radius 3 is 3.07 bits per heavy atom. The smallest absolute Gasteiger partial charge is 0.136 e. The normalized spacial score (nSPS) is 13.4. The van der Waals surface area contributed by atoms with Crippen molar-refractivity contribution < 1.29 is 5.11 Å². The second kappa shape index (κ2) is 3.59. The Labute approximate surface area is 86.7 Å². The molecule has 0 bridgehead atoms. The van der Waals surface area contributed by atoms with E-state index in [9.17, 15) is 5.11 Å². The molecule has 2 N–H and O–H groups in total. The Morgan fingerprint density at radius 2 is 2.36 bits per heavy atom. The molecule has 2 rings (SSSR count). The number of benzene rings is 1. The van der Waals surface area contributed by atoms with E-state index >= 15 is 0 Å². The molecule has 4 heteroatoms. The number of hydrogen-bond donors (Lipinski definition) is 2. The Morgan fingerprint density at radius 1 is 1.57 bits per heavy atom. The Kier molecular flexibility index (Phi) is 2.44. The molecule has 0 saturated heterocycles. The summed E-state index contributed by atoms with van der Waals surface area (Å²) in [5.74, 6) is 0.602. The van der Waals surface area contributed by atoms with Crippen molar-refractivity contribution in [3.8, 4) is 0 Å². The molecule has 0 aliphatic heterocycles. The average Bonchev–Trinajstić information content (AvgIpc) is 2.59. The van der Waals surface area contributed by atoms with Gasteiger partial charge in [-0.1, -0.05) is 18.5 Å². The molecular formula is C10H11ClN2O. The van der Waals surface area contributed by atoms with Gasteiger partial charge in [0.15, 0.2) is 0 Å². The Hall–Kier alpha value is -1.06. The largest absolute Gasteiger partial charge is 0.385 e. The van der Waals surface area contributed by atoms with Gasteiger partial charge in [0.1, 0.15) is 11.9 Å². The summed E-state index contributed by atoms with van der Waals surface area (Å²) in [6.45, 7) is 1.91. The van der Waals surface area contributed by atoms with Crippen molar-refractivity contribution in [3.05, 3.63) is 29.0 Å². The van der Waals surface area contributed by atoms with Crippen LogP contribution in [0.1, 0.15) is 25.3 Å². The van der Waals surface area contributed by atoms with Gasteiger partial charge in [0.2, 0.25) is 0 Å². The summed E-state index contributed by atoms with van der Waals surface area (Å²) in [6, 6.07) is 5.42. The monoisotopic (exact) mass is 210 g/mol. The molecule has 1 aromatic heterocycles. The number of aromatic amines is 1. The first-order chi connectivity index (χ1) is 6.70. The number of nitrogens with zero attached hydrogens (tertiary/aromatic N) is 1. The zero-order valence-electron chi connectivity index (χ0n) is 7.79. The van der Waals surface area contributed by atoms with E-state index in [-0.39, 0.29) is 0 Å². The lowest BCUT2D eigenvalue weighted by Gasteiger charge is -2.00. The Balaban J connectivity index is 2.51. The molecule has 0 fully saturated rings. The van der Waals surface area contributed by atoms with Crippen LogP contribution in [0, 0.1) is 0 Å². The van der Waals surface area contributed by atoms with Crippen LogP contribution in [-0.2, 0) is 0 Å². The number of nitrogens with one attached hydrogen (secondary N) is 1. The third-order valence-electron chi connectivity index (χ3n) is 2.16. The summed E-state index contributed by atoms with van der Waals surface area (Å²) < 4.78 is 0. The minimum absolute atomic E-state index is 0.527. The highest BCUT2D eigenvalue weighted by atomic mass is 35.5. The van der Waals surface area contributed by atoms with Crippen molar-refractivity contribution in [2.75, 3.05) is 0 Å². The minimum Gasteiger partial charge on any atom is -0.385 e. The molecule has 0 radical (unpaired) electrons. The predicted octanol–water partition coefficient (Wildman–Crippen LogP) is 2.66. The molecule has 1 aromatic carbocycles. The summed E-state index contributed by atoms with van der Waals surface area (Å²) in [4.78, 5) is 7.30. The molecule has 1 heterocycles. The van der Waals surface area contributed by atoms with Gasteiger partial charge in [-0.3, -0.25) is 0 Å². The van der Waals surface area contributed by atoms with E-state index in [1.165, 1.54) is 0 Å². The molecule has 74 valence electrons. The lowest BCUT2D eigenvalue weighted by atomic mass is 10.3. The van der Waals surface area contributed by atoms with Crippen LogP contribution in [0.15, 0.2) is 18.2 Å². The van der Waals surface area contributed by atoms with Crippen LogP contribution in [0.5, 0.6) is 0 Å². The highest BCUT2D eigenvalue weighted by Gasteiger charge is 2.09. The molecule has 1 unspecified atom stereocenters. The summed E-state index contributed by atoms with van der Waals surface area (Å²) in [5, 5.41) is 10.2. The van der Waals surface area contributed by atoms with Crippen molar-refractivity contribution in [2.45, 2.75) is 19.4 Å². The van der Waals surface area contributed by atoms with Crippen molar-refractivity contribution in [2.24, 2.45) is 0 Å². The van der Waals surface area contributed by atoms with Crippen LogP contribution in [0.25, 0.3) is 11.0 Å². The van der Waals surface area contributed by atoms with Crippen molar-refractivity contribution in [3.63, 3.8) is 0 Å². The van der Waals surface area contributed by atoms with Crippen molar-refractivity contribution in [1.29, 1.82) is 0 Å². The van der Waals surface area contributed by atoms with Crippen LogP contribution >= 0.6 is 11.6 Å². The van der Waals surface area contributed by atoms with Crippen LogP contribution < -0.4 is 0 Å².